The van der Waals surface area contributed by atoms with Crippen molar-refractivity contribution in [2.24, 2.45) is 0 Å². The molecule has 188 valence electrons. The summed E-state index contributed by atoms with van der Waals surface area (Å²) in [4.78, 5) is 38.1. The molecule has 8 nitrogen and oxygen atoms in total. The Morgan fingerprint density at radius 2 is 1.43 bits per heavy atom. The third-order valence-corrected chi connectivity index (χ3v) is 6.47. The molecule has 2 amide bonds. The maximum Gasteiger partial charge on any atom is 0.336 e. The average molecular weight is 517 g/mol. The minimum Gasteiger partial charge on any atom is -0.497 e. The van der Waals surface area contributed by atoms with Crippen LogP contribution in [0, 0.1) is 0 Å². The zero-order valence-electron chi connectivity index (χ0n) is 20.1. The number of carboxylic acids is 1. The predicted octanol–water partition coefficient (Wildman–Crippen LogP) is 5.54. The Bertz CT molecular complexity index is 1460. The van der Waals surface area contributed by atoms with Crippen LogP contribution in [0.25, 0.3) is 10.8 Å². The van der Waals surface area contributed by atoms with Crippen molar-refractivity contribution in [3.63, 3.8) is 0 Å². The lowest BCUT2D eigenvalue weighted by atomic mass is 9.98. The summed E-state index contributed by atoms with van der Waals surface area (Å²) >= 11 is 1.31. The van der Waals surface area contributed by atoms with Crippen molar-refractivity contribution in [2.45, 2.75) is 4.90 Å². The molecule has 37 heavy (non-hydrogen) atoms. The van der Waals surface area contributed by atoms with E-state index in [2.05, 4.69) is 10.6 Å². The predicted molar refractivity (Wildman–Crippen MR) is 144 cm³/mol. The molecule has 0 heterocycles. The van der Waals surface area contributed by atoms with E-state index in [4.69, 9.17) is 9.47 Å². The van der Waals surface area contributed by atoms with Crippen LogP contribution in [0.15, 0.2) is 83.8 Å². The zero-order valence-corrected chi connectivity index (χ0v) is 20.9. The smallest absolute Gasteiger partial charge is 0.336 e. The second kappa shape index (κ2) is 11.5. The fourth-order valence-electron chi connectivity index (χ4n) is 3.80. The van der Waals surface area contributed by atoms with E-state index in [0.29, 0.717) is 33.6 Å². The van der Waals surface area contributed by atoms with Gasteiger partial charge in [-0.2, -0.15) is 0 Å². The summed E-state index contributed by atoms with van der Waals surface area (Å²) in [5.41, 5.74) is 1.41. The van der Waals surface area contributed by atoms with Gasteiger partial charge in [0.2, 0.25) is 5.91 Å². The second-order valence-corrected chi connectivity index (χ2v) is 8.98. The molecule has 4 aromatic rings. The number of hydrogen-bond donors (Lipinski definition) is 3. The van der Waals surface area contributed by atoms with Crippen LogP contribution >= 0.6 is 11.8 Å². The molecule has 0 radical (unpaired) electrons. The first kappa shape index (κ1) is 25.6. The van der Waals surface area contributed by atoms with Crippen molar-refractivity contribution in [3.05, 3.63) is 90.0 Å². The normalized spacial score (nSPS) is 10.5. The van der Waals surface area contributed by atoms with Crippen molar-refractivity contribution in [1.82, 2.24) is 0 Å². The van der Waals surface area contributed by atoms with Crippen molar-refractivity contribution in [1.29, 1.82) is 0 Å². The summed E-state index contributed by atoms with van der Waals surface area (Å²) in [5, 5.41) is 16.3. The van der Waals surface area contributed by atoms with Crippen LogP contribution in [0.2, 0.25) is 0 Å². The minimum atomic E-state index is -1.10. The third-order valence-electron chi connectivity index (χ3n) is 5.48. The monoisotopic (exact) mass is 516 g/mol. The molecule has 9 heteroatoms. The molecule has 4 rings (SSSR count). The summed E-state index contributed by atoms with van der Waals surface area (Å²) < 4.78 is 10.5. The highest BCUT2D eigenvalue weighted by Gasteiger charge is 2.17. The number of fused-ring (bicyclic) bond motifs is 1. The Balaban J connectivity index is 1.44. The van der Waals surface area contributed by atoms with Gasteiger partial charge in [-0.25, -0.2) is 4.79 Å². The molecular weight excluding hydrogens is 492 g/mol. The molecule has 0 bridgehead atoms. The lowest BCUT2D eigenvalue weighted by molar-refractivity contribution is -0.113. The van der Waals surface area contributed by atoms with Gasteiger partial charge in [0.15, 0.2) is 0 Å². The molecular formula is C28H24N2O6S. The Labute approximate surface area is 217 Å². The van der Waals surface area contributed by atoms with Gasteiger partial charge >= 0.3 is 5.97 Å². The topological polar surface area (TPSA) is 114 Å². The first-order chi connectivity index (χ1) is 17.9. The van der Waals surface area contributed by atoms with Crippen molar-refractivity contribution in [2.75, 3.05) is 30.6 Å². The summed E-state index contributed by atoms with van der Waals surface area (Å²) in [6, 6.07) is 22.2. The summed E-state index contributed by atoms with van der Waals surface area (Å²) in [6.45, 7) is 0. The van der Waals surface area contributed by atoms with Crippen LogP contribution in [0.1, 0.15) is 20.7 Å². The first-order valence-corrected chi connectivity index (χ1v) is 12.2. The number of anilines is 2. The fourth-order valence-corrected chi connectivity index (χ4v) is 4.55. The summed E-state index contributed by atoms with van der Waals surface area (Å²) in [5.74, 6) is -0.477. The quantitative estimate of drug-likeness (QED) is 0.250. The molecule has 0 atom stereocenters. The Morgan fingerprint density at radius 1 is 0.784 bits per heavy atom. The number of benzene rings is 4. The molecule has 0 spiro atoms. The lowest BCUT2D eigenvalue weighted by Gasteiger charge is -2.11. The van der Waals surface area contributed by atoms with Crippen molar-refractivity contribution < 1.29 is 29.0 Å². The molecule has 3 N–H and O–H groups in total. The first-order valence-electron chi connectivity index (χ1n) is 11.2. The van der Waals surface area contributed by atoms with Gasteiger partial charge in [0.1, 0.15) is 11.5 Å². The van der Waals surface area contributed by atoms with E-state index >= 15 is 0 Å². The molecule has 0 aliphatic carbocycles. The second-order valence-electron chi connectivity index (χ2n) is 7.93. The number of methoxy groups -OCH3 is 2. The van der Waals surface area contributed by atoms with Gasteiger partial charge in [0.05, 0.1) is 25.5 Å². The molecule has 0 aliphatic rings. The number of amides is 2. The van der Waals surface area contributed by atoms with E-state index in [0.717, 1.165) is 4.90 Å². The van der Waals surface area contributed by atoms with Crippen LogP contribution in [-0.4, -0.2) is 42.9 Å². The fraction of sp³-hybridized carbons (Fsp3) is 0.107. The molecule has 0 saturated heterocycles. The number of aromatic carboxylic acids is 1. The molecule has 0 unspecified atom stereocenters. The average Bonchev–Trinajstić information content (AvgIpc) is 2.91. The maximum atomic E-state index is 13.1. The molecule has 0 saturated carbocycles. The van der Waals surface area contributed by atoms with Crippen LogP contribution in [-0.2, 0) is 4.79 Å². The number of rotatable bonds is 9. The van der Waals surface area contributed by atoms with Crippen LogP contribution in [0.3, 0.4) is 0 Å². The van der Waals surface area contributed by atoms with Gasteiger partial charge in [-0.05, 0) is 35.7 Å². The highest BCUT2D eigenvalue weighted by atomic mass is 32.2. The maximum absolute atomic E-state index is 13.1. The van der Waals surface area contributed by atoms with Gasteiger partial charge in [-0.15, -0.1) is 11.8 Å². The van der Waals surface area contributed by atoms with Crippen LogP contribution in [0.5, 0.6) is 11.5 Å². The van der Waals surface area contributed by atoms with E-state index < -0.39 is 11.9 Å². The van der Waals surface area contributed by atoms with Crippen LogP contribution < -0.4 is 20.1 Å². The van der Waals surface area contributed by atoms with E-state index in [1.54, 1.807) is 66.7 Å². The molecule has 0 aromatic heterocycles. The molecule has 4 aromatic carbocycles. The van der Waals surface area contributed by atoms with Gasteiger partial charge in [0.25, 0.3) is 5.91 Å². The van der Waals surface area contributed by atoms with E-state index in [1.807, 2.05) is 6.07 Å². The zero-order chi connectivity index (χ0) is 26.4. The molecule has 0 aliphatic heterocycles. The number of thioether (sulfide) groups is 1. The lowest BCUT2D eigenvalue weighted by Crippen LogP contribution is -2.14. The van der Waals surface area contributed by atoms with Gasteiger partial charge < -0.3 is 25.2 Å². The SMILES string of the molecule is COc1cc(NC(=O)CSc2cccc(NC(=O)c3cccc4cccc(C(=O)O)c34)c2)cc(OC)c1. The Kier molecular flexibility index (Phi) is 7.95. The summed E-state index contributed by atoms with van der Waals surface area (Å²) in [6.07, 6.45) is 0. The Hall–Kier alpha value is -4.50. The van der Waals surface area contributed by atoms with Gasteiger partial charge in [0, 0.05) is 45.4 Å². The number of carbonyl (C=O) groups excluding carboxylic acids is 2. The van der Waals surface area contributed by atoms with Gasteiger partial charge in [-0.1, -0.05) is 30.3 Å². The minimum absolute atomic E-state index is 0.0622. The summed E-state index contributed by atoms with van der Waals surface area (Å²) in [7, 11) is 3.07. The number of carboxylic acid groups (broad SMARTS) is 1. The standard InChI is InChI=1S/C28H24N2O6S/c1-35-20-12-19(13-21(15-20)36-2)29-25(31)16-37-22-9-5-8-18(14-22)30-27(32)23-10-3-6-17-7-4-11-24(26(17)23)28(33)34/h3-15H,16H2,1-2H3,(H,29,31)(H,30,32)(H,33,34). The highest BCUT2D eigenvalue weighted by molar-refractivity contribution is 8.00. The molecule has 0 fully saturated rings. The Morgan fingerprint density at radius 3 is 2.08 bits per heavy atom. The largest absolute Gasteiger partial charge is 0.497 e. The highest BCUT2D eigenvalue weighted by Crippen LogP contribution is 2.28. The van der Waals surface area contributed by atoms with Gasteiger partial charge in [-0.3, -0.25) is 9.59 Å². The van der Waals surface area contributed by atoms with Crippen LogP contribution in [0.4, 0.5) is 11.4 Å². The van der Waals surface area contributed by atoms with E-state index in [1.165, 1.54) is 32.0 Å². The number of hydrogen-bond acceptors (Lipinski definition) is 6. The number of nitrogens with one attached hydrogen (secondary N) is 2. The van der Waals surface area contributed by atoms with E-state index in [9.17, 15) is 19.5 Å². The number of ether oxygens (including phenoxy) is 2. The van der Waals surface area contributed by atoms with Crippen molar-refractivity contribution >= 4 is 51.7 Å². The third kappa shape index (κ3) is 6.20. The van der Waals surface area contributed by atoms with Crippen molar-refractivity contribution in [3.8, 4) is 11.5 Å². The van der Waals surface area contributed by atoms with E-state index in [-0.39, 0.29) is 22.8 Å². The number of carbonyl (C=O) groups is 3.